The van der Waals surface area contributed by atoms with Crippen LogP contribution in [0.3, 0.4) is 0 Å². The number of aliphatic imine (C=N–C) groups is 2. The second kappa shape index (κ2) is 5.39. The van der Waals surface area contributed by atoms with E-state index in [1.807, 2.05) is 0 Å². The number of rotatable bonds is 4. The molecular weight excluding hydrogens is 216 g/mol. The third kappa shape index (κ3) is 3.62. The Morgan fingerprint density at radius 3 is 2.47 bits per heavy atom. The highest BCUT2D eigenvalue weighted by atomic mass is 16.1. The van der Waals surface area contributed by atoms with Gasteiger partial charge in [-0.1, -0.05) is 20.8 Å². The normalized spacial score (nSPS) is 31.1. The van der Waals surface area contributed by atoms with Gasteiger partial charge in [0, 0.05) is 0 Å². The molecule has 4 nitrogen and oxygen atoms in total. The van der Waals surface area contributed by atoms with Crippen LogP contribution in [0.25, 0.3) is 0 Å². The van der Waals surface area contributed by atoms with Crippen LogP contribution in [-0.2, 0) is 9.59 Å². The smallest absolute Gasteiger partial charge is 0.211 e. The number of hydrogen-bond donors (Lipinski definition) is 0. The molecule has 0 aromatic heterocycles. The highest BCUT2D eigenvalue weighted by Gasteiger charge is 2.43. The Balaban J connectivity index is 2.95. The number of hydrogen-bond acceptors (Lipinski definition) is 4. The molecule has 0 heterocycles. The molecule has 94 valence electrons. The van der Waals surface area contributed by atoms with Crippen LogP contribution in [-0.4, -0.2) is 24.7 Å². The highest BCUT2D eigenvalue weighted by Crippen LogP contribution is 2.49. The first-order chi connectivity index (χ1) is 7.97. The molecule has 1 fully saturated rings. The van der Waals surface area contributed by atoms with Crippen LogP contribution in [0.2, 0.25) is 0 Å². The summed E-state index contributed by atoms with van der Waals surface area (Å²) in [5, 5.41) is 0. The van der Waals surface area contributed by atoms with Gasteiger partial charge in [-0.2, -0.15) is 0 Å². The monoisotopic (exact) mass is 236 g/mol. The molecule has 1 aliphatic carbocycles. The van der Waals surface area contributed by atoms with E-state index in [9.17, 15) is 9.59 Å². The van der Waals surface area contributed by atoms with Crippen molar-refractivity contribution < 1.29 is 9.59 Å². The Hall–Kier alpha value is -1.24. The molecule has 0 aromatic carbocycles. The van der Waals surface area contributed by atoms with Crippen molar-refractivity contribution in [2.75, 3.05) is 6.54 Å². The standard InChI is InChI=1S/C13H20N2O2/c1-4-13(8-14-9-16)6-11(15-10-17)5-12(2,3)7-13/h11H,4-8H2,1-3H3. The van der Waals surface area contributed by atoms with E-state index in [0.29, 0.717) is 6.54 Å². The summed E-state index contributed by atoms with van der Waals surface area (Å²) in [6, 6.07) is 0.0121. The van der Waals surface area contributed by atoms with Crippen LogP contribution in [0, 0.1) is 10.8 Å². The molecule has 0 N–H and O–H groups in total. The molecule has 0 bridgehead atoms. The molecular formula is C13H20N2O2. The topological polar surface area (TPSA) is 58.9 Å². The first-order valence-corrected chi connectivity index (χ1v) is 6.07. The summed E-state index contributed by atoms with van der Waals surface area (Å²) in [5.74, 6) is 0. The molecule has 0 aromatic rings. The van der Waals surface area contributed by atoms with E-state index < -0.39 is 0 Å². The van der Waals surface area contributed by atoms with Gasteiger partial charge in [0.2, 0.25) is 12.2 Å². The summed E-state index contributed by atoms with van der Waals surface area (Å²) in [6.07, 6.45) is 6.93. The van der Waals surface area contributed by atoms with Gasteiger partial charge in [0.1, 0.15) is 0 Å². The van der Waals surface area contributed by atoms with Crippen molar-refractivity contribution in [2.45, 2.75) is 52.5 Å². The zero-order valence-corrected chi connectivity index (χ0v) is 10.8. The minimum absolute atomic E-state index is 0.0121. The SMILES string of the molecule is CCC1(CN=C=O)CC(N=C=O)CC(C)(C)C1. The number of nitrogens with zero attached hydrogens (tertiary/aromatic N) is 2. The van der Waals surface area contributed by atoms with Gasteiger partial charge in [-0.15, -0.1) is 0 Å². The molecule has 17 heavy (non-hydrogen) atoms. The molecule has 0 amide bonds. The summed E-state index contributed by atoms with van der Waals surface area (Å²) >= 11 is 0. The van der Waals surface area contributed by atoms with Crippen LogP contribution in [0.5, 0.6) is 0 Å². The second-order valence-corrected chi connectivity index (χ2v) is 5.88. The Labute approximate surface area is 102 Å². The van der Waals surface area contributed by atoms with Crippen molar-refractivity contribution in [1.29, 1.82) is 0 Å². The lowest BCUT2D eigenvalue weighted by molar-refractivity contribution is 0.0725. The first kappa shape index (κ1) is 13.8. The Morgan fingerprint density at radius 2 is 1.94 bits per heavy atom. The Morgan fingerprint density at radius 1 is 1.24 bits per heavy atom. The van der Waals surface area contributed by atoms with E-state index in [-0.39, 0.29) is 16.9 Å². The molecule has 2 unspecified atom stereocenters. The zero-order chi connectivity index (χ0) is 12.9. The predicted octanol–water partition coefficient (Wildman–Crippen LogP) is 2.63. The van der Waals surface area contributed by atoms with E-state index in [0.717, 1.165) is 25.7 Å². The maximum absolute atomic E-state index is 10.4. The first-order valence-electron chi connectivity index (χ1n) is 6.07. The second-order valence-electron chi connectivity index (χ2n) is 5.88. The van der Waals surface area contributed by atoms with E-state index in [1.54, 1.807) is 12.2 Å². The molecule has 1 saturated carbocycles. The predicted molar refractivity (Wildman–Crippen MR) is 65.3 cm³/mol. The Kier molecular flexibility index (Phi) is 4.39. The third-order valence-corrected chi connectivity index (χ3v) is 3.77. The van der Waals surface area contributed by atoms with Crippen molar-refractivity contribution in [3.63, 3.8) is 0 Å². The minimum atomic E-state index is -0.0236. The molecule has 0 aliphatic heterocycles. The summed E-state index contributed by atoms with van der Waals surface area (Å²) < 4.78 is 0. The Bertz CT molecular complexity index is 366. The third-order valence-electron chi connectivity index (χ3n) is 3.77. The quantitative estimate of drug-likeness (QED) is 0.556. The van der Waals surface area contributed by atoms with E-state index in [2.05, 4.69) is 30.8 Å². The molecule has 0 saturated heterocycles. The molecule has 1 rings (SSSR count). The average molecular weight is 236 g/mol. The van der Waals surface area contributed by atoms with Crippen molar-refractivity contribution >= 4 is 12.2 Å². The molecule has 1 aliphatic rings. The number of isocyanates is 2. The van der Waals surface area contributed by atoms with Crippen LogP contribution in [0.4, 0.5) is 0 Å². The average Bonchev–Trinajstić information content (AvgIpc) is 2.25. The fourth-order valence-electron chi connectivity index (χ4n) is 3.24. The molecule has 0 radical (unpaired) electrons. The summed E-state index contributed by atoms with van der Waals surface area (Å²) in [5.41, 5.74) is 0.0991. The van der Waals surface area contributed by atoms with E-state index in [1.165, 1.54) is 0 Å². The van der Waals surface area contributed by atoms with E-state index >= 15 is 0 Å². The summed E-state index contributed by atoms with van der Waals surface area (Å²) in [4.78, 5) is 28.4. The fraction of sp³-hybridized carbons (Fsp3) is 0.846. The summed E-state index contributed by atoms with van der Waals surface area (Å²) in [7, 11) is 0. The van der Waals surface area contributed by atoms with Gasteiger partial charge >= 0.3 is 0 Å². The van der Waals surface area contributed by atoms with Gasteiger partial charge in [-0.05, 0) is 36.5 Å². The minimum Gasteiger partial charge on any atom is -0.211 e. The fourth-order valence-corrected chi connectivity index (χ4v) is 3.24. The highest BCUT2D eigenvalue weighted by molar-refractivity contribution is 5.34. The molecule has 4 heteroatoms. The van der Waals surface area contributed by atoms with Crippen LogP contribution < -0.4 is 0 Å². The maximum Gasteiger partial charge on any atom is 0.235 e. The molecule has 0 spiro atoms. The van der Waals surface area contributed by atoms with Crippen molar-refractivity contribution in [3.05, 3.63) is 0 Å². The largest absolute Gasteiger partial charge is 0.235 e. The van der Waals surface area contributed by atoms with Crippen molar-refractivity contribution in [1.82, 2.24) is 0 Å². The lowest BCUT2D eigenvalue weighted by Crippen LogP contribution is -2.40. The molecule has 2 atom stereocenters. The summed E-state index contributed by atoms with van der Waals surface area (Å²) in [6.45, 7) is 6.94. The lowest BCUT2D eigenvalue weighted by atomic mass is 9.61. The van der Waals surface area contributed by atoms with Crippen molar-refractivity contribution in [2.24, 2.45) is 20.8 Å². The van der Waals surface area contributed by atoms with Gasteiger partial charge in [-0.3, -0.25) is 0 Å². The van der Waals surface area contributed by atoms with Gasteiger partial charge < -0.3 is 0 Å². The van der Waals surface area contributed by atoms with Gasteiger partial charge in [0.25, 0.3) is 0 Å². The zero-order valence-electron chi connectivity index (χ0n) is 10.8. The lowest BCUT2D eigenvalue weighted by Gasteiger charge is -2.46. The van der Waals surface area contributed by atoms with Gasteiger partial charge in [0.15, 0.2) is 0 Å². The van der Waals surface area contributed by atoms with Crippen LogP contribution in [0.15, 0.2) is 9.98 Å². The van der Waals surface area contributed by atoms with Crippen molar-refractivity contribution in [3.8, 4) is 0 Å². The van der Waals surface area contributed by atoms with E-state index in [4.69, 9.17) is 0 Å². The maximum atomic E-state index is 10.4. The van der Waals surface area contributed by atoms with Gasteiger partial charge in [0.05, 0.1) is 12.6 Å². The van der Waals surface area contributed by atoms with Gasteiger partial charge in [-0.25, -0.2) is 19.6 Å². The van der Waals surface area contributed by atoms with Crippen LogP contribution >= 0.6 is 0 Å². The number of carbonyl (C=O) groups excluding carboxylic acids is 2. The van der Waals surface area contributed by atoms with Crippen LogP contribution in [0.1, 0.15) is 46.5 Å².